The molecular weight excluding hydrogens is 557 g/mol. The molecule has 0 aliphatic carbocycles. The lowest BCUT2D eigenvalue weighted by Crippen LogP contribution is -2.42. The molecule has 6 nitrogen and oxygen atoms in total. The standard InChI is InChI=1S/C34H48N2O4Si2/c1-33(2,3)41(9,10)39-25-29(19-13-27-15-21-31(22-16-27)35(7)8)30(26-40-42(11,12)34(4,5)6)20-14-28-17-23-32(24-18-28)36(37)38/h15-18,21-24H,25-26H2,1-12H3/b30-29+. The third-order valence-electron chi connectivity index (χ3n) is 8.31. The molecule has 8 heteroatoms. The Labute approximate surface area is 255 Å². The van der Waals surface area contributed by atoms with Gasteiger partial charge in [0.2, 0.25) is 0 Å². The van der Waals surface area contributed by atoms with Gasteiger partial charge in [0.25, 0.3) is 5.69 Å². The second kappa shape index (κ2) is 13.9. The third-order valence-corrected chi connectivity index (χ3v) is 17.3. The Bertz CT molecular complexity index is 1390. The van der Waals surface area contributed by atoms with Gasteiger partial charge in [-0.05, 0) is 72.7 Å². The smallest absolute Gasteiger partial charge is 0.269 e. The van der Waals surface area contributed by atoms with Crippen molar-refractivity contribution in [3.05, 3.63) is 80.9 Å². The van der Waals surface area contributed by atoms with E-state index >= 15 is 0 Å². The Balaban J connectivity index is 2.66. The molecule has 2 rings (SSSR count). The van der Waals surface area contributed by atoms with E-state index in [-0.39, 0.29) is 15.8 Å². The maximum absolute atomic E-state index is 11.1. The molecule has 0 bridgehead atoms. The monoisotopic (exact) mass is 604 g/mol. The first-order chi connectivity index (χ1) is 19.2. The summed E-state index contributed by atoms with van der Waals surface area (Å²) in [7, 11) is -0.160. The van der Waals surface area contributed by atoms with Gasteiger partial charge in [-0.15, -0.1) is 0 Å². The maximum atomic E-state index is 11.1. The number of nitro groups is 1. The highest BCUT2D eigenvalue weighted by Gasteiger charge is 2.38. The summed E-state index contributed by atoms with van der Waals surface area (Å²) in [6.07, 6.45) is 0. The van der Waals surface area contributed by atoms with Gasteiger partial charge in [-0.25, -0.2) is 0 Å². The van der Waals surface area contributed by atoms with Gasteiger partial charge in [0.05, 0.1) is 18.1 Å². The average molecular weight is 605 g/mol. The summed E-state index contributed by atoms with van der Waals surface area (Å²) in [5, 5.41) is 11.2. The van der Waals surface area contributed by atoms with Crippen LogP contribution in [0.15, 0.2) is 59.7 Å². The van der Waals surface area contributed by atoms with E-state index in [1.54, 1.807) is 12.1 Å². The van der Waals surface area contributed by atoms with Crippen molar-refractivity contribution in [2.45, 2.75) is 77.8 Å². The van der Waals surface area contributed by atoms with E-state index in [2.05, 4.69) is 108 Å². The SMILES string of the molecule is CN(C)c1ccc(C#C/C(CO[Si](C)(C)C(C)(C)C)=C(/C#Cc2ccc([N+](=O)[O-])cc2)CO[Si](C)(C)C(C)(C)C)cc1. The van der Waals surface area contributed by atoms with Gasteiger partial charge in [-0.1, -0.05) is 65.2 Å². The van der Waals surface area contributed by atoms with Crippen LogP contribution in [0.1, 0.15) is 52.7 Å². The van der Waals surface area contributed by atoms with Gasteiger partial charge >= 0.3 is 0 Å². The fourth-order valence-electron chi connectivity index (χ4n) is 3.14. The predicted molar refractivity (Wildman–Crippen MR) is 181 cm³/mol. The molecule has 42 heavy (non-hydrogen) atoms. The van der Waals surface area contributed by atoms with E-state index in [4.69, 9.17) is 8.85 Å². The molecule has 2 aromatic carbocycles. The van der Waals surface area contributed by atoms with Crippen molar-refractivity contribution in [3.8, 4) is 23.7 Å². The second-order valence-electron chi connectivity index (χ2n) is 13.8. The zero-order valence-corrected chi connectivity index (χ0v) is 29.6. The van der Waals surface area contributed by atoms with Crippen molar-refractivity contribution in [1.82, 2.24) is 0 Å². The van der Waals surface area contributed by atoms with Gasteiger partial charge in [0.1, 0.15) is 0 Å². The minimum absolute atomic E-state index is 0.0293. The molecule has 0 atom stereocenters. The van der Waals surface area contributed by atoms with E-state index in [1.165, 1.54) is 12.1 Å². The van der Waals surface area contributed by atoms with Gasteiger partial charge in [-0.2, -0.15) is 0 Å². The minimum Gasteiger partial charge on any atom is -0.412 e. The first-order valence-corrected chi connectivity index (χ1v) is 20.1. The highest BCUT2D eigenvalue weighted by atomic mass is 28.4. The van der Waals surface area contributed by atoms with Crippen LogP contribution in [-0.4, -0.2) is 48.9 Å². The quantitative estimate of drug-likeness (QED) is 0.131. The van der Waals surface area contributed by atoms with Crippen LogP contribution in [0, 0.1) is 33.8 Å². The zero-order chi connectivity index (χ0) is 31.9. The number of benzene rings is 2. The van der Waals surface area contributed by atoms with Crippen LogP contribution in [0.3, 0.4) is 0 Å². The Hall–Kier alpha value is -3.15. The summed E-state index contributed by atoms with van der Waals surface area (Å²) in [6, 6.07) is 14.4. The van der Waals surface area contributed by atoms with Crippen LogP contribution in [0.25, 0.3) is 0 Å². The van der Waals surface area contributed by atoms with Crippen LogP contribution in [-0.2, 0) is 8.85 Å². The maximum Gasteiger partial charge on any atom is 0.269 e. The number of anilines is 1. The molecule has 0 saturated heterocycles. The Kier molecular flexibility index (Phi) is 11.6. The van der Waals surface area contributed by atoms with Crippen LogP contribution < -0.4 is 4.90 Å². The zero-order valence-electron chi connectivity index (χ0n) is 27.6. The predicted octanol–water partition coefficient (Wildman–Crippen LogP) is 8.40. The molecule has 0 aliphatic heterocycles. The van der Waals surface area contributed by atoms with Crippen LogP contribution in [0.5, 0.6) is 0 Å². The fraction of sp³-hybridized carbons (Fsp3) is 0.471. The number of nitrogens with zero attached hydrogens (tertiary/aromatic N) is 2. The first kappa shape index (κ1) is 35.1. The van der Waals surface area contributed by atoms with Gasteiger partial charge in [-0.3, -0.25) is 10.1 Å². The third kappa shape index (κ3) is 9.99. The molecular formula is C34H48N2O4Si2. The van der Waals surface area contributed by atoms with E-state index < -0.39 is 21.6 Å². The first-order valence-electron chi connectivity index (χ1n) is 14.3. The molecule has 0 heterocycles. The highest BCUT2D eigenvalue weighted by Crippen LogP contribution is 2.38. The molecule has 0 radical (unpaired) electrons. The fourth-order valence-corrected chi connectivity index (χ4v) is 5.02. The summed E-state index contributed by atoms with van der Waals surface area (Å²) in [5.41, 5.74) is 4.29. The van der Waals surface area contributed by atoms with Crippen LogP contribution in [0.4, 0.5) is 11.4 Å². The van der Waals surface area contributed by atoms with Crippen molar-refractivity contribution >= 4 is 28.0 Å². The van der Waals surface area contributed by atoms with Crippen molar-refractivity contribution in [1.29, 1.82) is 0 Å². The number of hydrogen-bond donors (Lipinski definition) is 0. The molecule has 0 aromatic heterocycles. The summed E-state index contributed by atoms with van der Waals surface area (Å²) >= 11 is 0. The van der Waals surface area contributed by atoms with Crippen molar-refractivity contribution in [3.63, 3.8) is 0 Å². The summed E-state index contributed by atoms with van der Waals surface area (Å²) in [5.74, 6) is 13.3. The lowest BCUT2D eigenvalue weighted by Gasteiger charge is -2.37. The largest absolute Gasteiger partial charge is 0.412 e. The lowest BCUT2D eigenvalue weighted by atomic mass is 10.1. The van der Waals surface area contributed by atoms with Gasteiger partial charge < -0.3 is 13.8 Å². The Morgan fingerprint density at radius 3 is 1.40 bits per heavy atom. The average Bonchev–Trinajstić information content (AvgIpc) is 2.88. The molecule has 0 amide bonds. The van der Waals surface area contributed by atoms with E-state index in [0.29, 0.717) is 18.8 Å². The van der Waals surface area contributed by atoms with Crippen molar-refractivity contribution in [2.24, 2.45) is 0 Å². The molecule has 0 saturated carbocycles. The summed E-state index contributed by atoms with van der Waals surface area (Å²) in [4.78, 5) is 12.8. The number of hydrogen-bond acceptors (Lipinski definition) is 5. The second-order valence-corrected chi connectivity index (χ2v) is 23.4. The van der Waals surface area contributed by atoms with Crippen LogP contribution in [0.2, 0.25) is 36.3 Å². The summed E-state index contributed by atoms with van der Waals surface area (Å²) < 4.78 is 13.3. The molecule has 2 aromatic rings. The minimum atomic E-state index is -2.10. The van der Waals surface area contributed by atoms with Gasteiger partial charge in [0.15, 0.2) is 16.6 Å². The van der Waals surface area contributed by atoms with Crippen molar-refractivity contribution < 1.29 is 13.8 Å². The molecule has 0 N–H and O–H groups in total. The summed E-state index contributed by atoms with van der Waals surface area (Å²) in [6.45, 7) is 22.8. The van der Waals surface area contributed by atoms with Gasteiger partial charge in [0, 0.05) is 54.2 Å². The lowest BCUT2D eigenvalue weighted by molar-refractivity contribution is -0.384. The van der Waals surface area contributed by atoms with Crippen molar-refractivity contribution in [2.75, 3.05) is 32.2 Å². The molecule has 0 aliphatic rings. The number of non-ortho nitro benzene ring substituents is 1. The Morgan fingerprint density at radius 1 is 0.738 bits per heavy atom. The molecule has 0 spiro atoms. The van der Waals surface area contributed by atoms with Crippen LogP contribution >= 0.6 is 0 Å². The Morgan fingerprint density at radius 2 is 1.10 bits per heavy atom. The normalized spacial score (nSPS) is 12.9. The number of rotatable bonds is 8. The molecule has 0 fully saturated rings. The van der Waals surface area contributed by atoms with E-state index in [9.17, 15) is 10.1 Å². The van der Waals surface area contributed by atoms with E-state index in [1.807, 2.05) is 26.2 Å². The molecule has 0 unspecified atom stereocenters. The molecule has 226 valence electrons. The topological polar surface area (TPSA) is 64.8 Å². The number of nitro benzene ring substituents is 1. The van der Waals surface area contributed by atoms with E-state index in [0.717, 1.165) is 22.4 Å². The highest BCUT2D eigenvalue weighted by molar-refractivity contribution is 6.74.